The van der Waals surface area contributed by atoms with Crippen LogP contribution in [-0.2, 0) is 17.8 Å². The van der Waals surface area contributed by atoms with Crippen molar-refractivity contribution in [2.24, 2.45) is 5.92 Å². The molecule has 2 aliphatic rings. The number of amides is 1. The lowest BCUT2D eigenvalue weighted by atomic mass is 9.89. The predicted octanol–water partition coefficient (Wildman–Crippen LogP) is 2.57. The summed E-state index contributed by atoms with van der Waals surface area (Å²) in [6, 6.07) is -0.694. The number of likely N-dealkylation sites (tertiary alicyclic amines) is 1. The topological polar surface area (TPSA) is 73.0 Å². The molecule has 2 aromatic heterocycles. The zero-order chi connectivity index (χ0) is 21.6. The van der Waals surface area contributed by atoms with Gasteiger partial charge >= 0.3 is 11.9 Å². The van der Waals surface area contributed by atoms with Gasteiger partial charge in [0, 0.05) is 25.7 Å². The molecular formula is C18H18ClF4N5O2. The maximum Gasteiger partial charge on any atom is 0.394 e. The summed E-state index contributed by atoms with van der Waals surface area (Å²) >= 11 is 5.67. The summed E-state index contributed by atoms with van der Waals surface area (Å²) in [6.07, 6.45) is -2.51. The number of hydrogen-bond acceptors (Lipinski definition) is 4. The minimum atomic E-state index is -4.65. The number of halogens is 5. The average Bonchev–Trinajstić information content (AvgIpc) is 3.31. The van der Waals surface area contributed by atoms with E-state index >= 15 is 0 Å². The highest BCUT2D eigenvalue weighted by Crippen LogP contribution is 2.41. The van der Waals surface area contributed by atoms with Gasteiger partial charge in [0.1, 0.15) is 17.7 Å². The monoisotopic (exact) mass is 447 g/mol. The molecule has 12 heteroatoms. The van der Waals surface area contributed by atoms with Crippen molar-refractivity contribution in [2.75, 3.05) is 13.1 Å². The number of rotatable bonds is 3. The quantitative estimate of drug-likeness (QED) is 0.678. The minimum absolute atomic E-state index is 0.0667. The molecule has 0 aromatic carbocycles. The van der Waals surface area contributed by atoms with E-state index in [-0.39, 0.29) is 35.9 Å². The highest BCUT2D eigenvalue weighted by atomic mass is 35.5. The van der Waals surface area contributed by atoms with Crippen LogP contribution >= 0.6 is 11.6 Å². The van der Waals surface area contributed by atoms with Crippen LogP contribution < -0.4 is 5.69 Å². The molecule has 2 atom stereocenters. The summed E-state index contributed by atoms with van der Waals surface area (Å²) in [7, 11) is 0. The van der Waals surface area contributed by atoms with Crippen LogP contribution in [0.4, 0.5) is 17.6 Å². The Kier molecular flexibility index (Phi) is 5.33. The van der Waals surface area contributed by atoms with Gasteiger partial charge in [-0.1, -0.05) is 11.6 Å². The molecular weight excluding hydrogens is 430 g/mol. The van der Waals surface area contributed by atoms with Crippen LogP contribution in [0.2, 0.25) is 5.02 Å². The number of fused-ring (bicyclic) bond motifs is 1. The molecule has 30 heavy (non-hydrogen) atoms. The van der Waals surface area contributed by atoms with Crippen LogP contribution in [0.1, 0.15) is 36.8 Å². The van der Waals surface area contributed by atoms with Crippen LogP contribution in [0.25, 0.3) is 0 Å². The maximum absolute atomic E-state index is 14.1. The Hall–Kier alpha value is -2.43. The van der Waals surface area contributed by atoms with Crippen molar-refractivity contribution in [1.29, 1.82) is 0 Å². The Balaban J connectivity index is 1.75. The Labute approximate surface area is 173 Å². The Morgan fingerprint density at radius 3 is 2.60 bits per heavy atom. The number of pyridine rings is 1. The first-order chi connectivity index (χ1) is 14.2. The van der Waals surface area contributed by atoms with Gasteiger partial charge in [0.2, 0.25) is 5.91 Å². The maximum atomic E-state index is 14.1. The smallest absolute Gasteiger partial charge is 0.341 e. The molecule has 2 aliphatic heterocycles. The summed E-state index contributed by atoms with van der Waals surface area (Å²) in [5.74, 6) is -3.40. The lowest BCUT2D eigenvalue weighted by Gasteiger charge is -2.34. The second-order valence-electron chi connectivity index (χ2n) is 7.47. The fourth-order valence-corrected chi connectivity index (χ4v) is 4.24. The Morgan fingerprint density at radius 2 is 1.97 bits per heavy atom. The third-order valence-electron chi connectivity index (χ3n) is 5.55. The van der Waals surface area contributed by atoms with Crippen molar-refractivity contribution in [3.63, 3.8) is 0 Å². The highest BCUT2D eigenvalue weighted by molar-refractivity contribution is 6.30. The molecule has 0 bridgehead atoms. The molecule has 2 aromatic rings. The second-order valence-corrected chi connectivity index (χ2v) is 7.91. The van der Waals surface area contributed by atoms with E-state index in [4.69, 9.17) is 11.6 Å². The SMILES string of the molecule is O=C(C1C(C(F)(F)F)CCc2nn(Cc3ncc(Cl)cc3F)c(=O)n21)N1CCCC1. The largest absolute Gasteiger partial charge is 0.394 e. The molecule has 7 nitrogen and oxygen atoms in total. The predicted molar refractivity (Wildman–Crippen MR) is 97.5 cm³/mol. The molecule has 0 spiro atoms. The molecule has 1 amide bonds. The molecule has 162 valence electrons. The van der Waals surface area contributed by atoms with Gasteiger partial charge in [-0.15, -0.1) is 0 Å². The first kappa shape index (κ1) is 20.8. The summed E-state index contributed by atoms with van der Waals surface area (Å²) in [5, 5.41) is 4.14. The first-order valence-corrected chi connectivity index (χ1v) is 9.88. The number of nitrogens with zero attached hydrogens (tertiary/aromatic N) is 5. The van der Waals surface area contributed by atoms with Gasteiger partial charge in [0.25, 0.3) is 0 Å². The van der Waals surface area contributed by atoms with Crippen LogP contribution in [0.5, 0.6) is 0 Å². The third-order valence-corrected chi connectivity index (χ3v) is 5.76. The summed E-state index contributed by atoms with van der Waals surface area (Å²) in [5.41, 5.74) is -1.03. The van der Waals surface area contributed by atoms with Gasteiger partial charge in [0.05, 0.1) is 23.2 Å². The van der Waals surface area contributed by atoms with Gasteiger partial charge in [-0.25, -0.2) is 13.9 Å². The van der Waals surface area contributed by atoms with E-state index in [0.717, 1.165) is 15.3 Å². The van der Waals surface area contributed by atoms with Crippen molar-refractivity contribution in [2.45, 2.75) is 44.4 Å². The van der Waals surface area contributed by atoms with E-state index in [0.29, 0.717) is 25.9 Å². The number of alkyl halides is 3. The lowest BCUT2D eigenvalue weighted by Crippen LogP contribution is -2.49. The molecule has 2 unspecified atom stereocenters. The minimum Gasteiger partial charge on any atom is -0.341 e. The van der Waals surface area contributed by atoms with E-state index in [1.807, 2.05) is 0 Å². The van der Waals surface area contributed by atoms with Gasteiger partial charge < -0.3 is 4.90 Å². The van der Waals surface area contributed by atoms with Crippen molar-refractivity contribution < 1.29 is 22.4 Å². The van der Waals surface area contributed by atoms with Gasteiger partial charge in [-0.3, -0.25) is 14.3 Å². The van der Waals surface area contributed by atoms with E-state index in [2.05, 4.69) is 10.1 Å². The van der Waals surface area contributed by atoms with Crippen LogP contribution in [-0.4, -0.2) is 49.4 Å². The van der Waals surface area contributed by atoms with E-state index in [9.17, 15) is 27.2 Å². The van der Waals surface area contributed by atoms with E-state index in [1.165, 1.54) is 11.1 Å². The van der Waals surface area contributed by atoms with Crippen molar-refractivity contribution in [3.05, 3.63) is 45.1 Å². The molecule has 0 N–H and O–H groups in total. The fourth-order valence-electron chi connectivity index (χ4n) is 4.09. The molecule has 1 saturated heterocycles. The van der Waals surface area contributed by atoms with Crippen molar-refractivity contribution in [1.82, 2.24) is 24.2 Å². The second kappa shape index (κ2) is 7.68. The summed E-state index contributed by atoms with van der Waals surface area (Å²) in [4.78, 5) is 31.1. The molecule has 4 rings (SSSR count). The zero-order valence-electron chi connectivity index (χ0n) is 15.7. The van der Waals surface area contributed by atoms with E-state index < -0.39 is 35.6 Å². The zero-order valence-corrected chi connectivity index (χ0v) is 16.5. The average molecular weight is 448 g/mol. The number of aryl methyl sites for hydroxylation is 1. The standard InChI is InChI=1S/C18H18ClF4N5O2/c19-10-7-12(20)13(24-8-10)9-27-17(30)28-14(25-27)4-3-11(18(21,22)23)15(28)16(29)26-5-1-2-6-26/h7-8,11,15H,1-6,9H2. The molecule has 0 radical (unpaired) electrons. The van der Waals surface area contributed by atoms with Crippen LogP contribution in [0.3, 0.4) is 0 Å². The van der Waals surface area contributed by atoms with E-state index in [1.54, 1.807) is 0 Å². The van der Waals surface area contributed by atoms with Crippen molar-refractivity contribution >= 4 is 17.5 Å². The summed E-state index contributed by atoms with van der Waals surface area (Å²) < 4.78 is 56.9. The Bertz CT molecular complexity index is 1030. The number of carbonyl (C=O) groups is 1. The third kappa shape index (κ3) is 3.70. The molecule has 0 saturated carbocycles. The van der Waals surface area contributed by atoms with Gasteiger partial charge in [0.15, 0.2) is 0 Å². The summed E-state index contributed by atoms with van der Waals surface area (Å²) in [6.45, 7) is 0.333. The number of carbonyl (C=O) groups excluding carboxylic acids is 1. The number of aromatic nitrogens is 4. The molecule has 0 aliphatic carbocycles. The van der Waals surface area contributed by atoms with Crippen LogP contribution in [0.15, 0.2) is 17.1 Å². The number of hydrogen-bond donors (Lipinski definition) is 0. The Morgan fingerprint density at radius 1 is 1.27 bits per heavy atom. The molecule has 4 heterocycles. The fraction of sp³-hybridized carbons (Fsp3) is 0.556. The van der Waals surface area contributed by atoms with Crippen LogP contribution in [0, 0.1) is 11.7 Å². The highest BCUT2D eigenvalue weighted by Gasteiger charge is 2.52. The van der Waals surface area contributed by atoms with Gasteiger partial charge in [-0.05, 0) is 25.3 Å². The lowest BCUT2D eigenvalue weighted by molar-refractivity contribution is -0.196. The first-order valence-electron chi connectivity index (χ1n) is 9.50. The normalized spacial score (nSPS) is 21.7. The molecule has 1 fully saturated rings. The van der Waals surface area contributed by atoms with Gasteiger partial charge in [-0.2, -0.15) is 18.3 Å². The van der Waals surface area contributed by atoms with Crippen molar-refractivity contribution in [3.8, 4) is 0 Å².